The molecule has 0 aromatic carbocycles. The lowest BCUT2D eigenvalue weighted by Crippen LogP contribution is -2.16. The van der Waals surface area contributed by atoms with Gasteiger partial charge >= 0.3 is 0 Å². The summed E-state index contributed by atoms with van der Waals surface area (Å²) in [5.74, 6) is -0.312. The molecule has 0 aliphatic heterocycles. The number of nitrogen functional groups attached to an aromatic ring is 1. The zero-order valence-corrected chi connectivity index (χ0v) is 8.86. The van der Waals surface area contributed by atoms with Crippen LogP contribution in [0.2, 0.25) is 0 Å². The van der Waals surface area contributed by atoms with Gasteiger partial charge in [0.2, 0.25) is 5.95 Å². The highest BCUT2D eigenvalue weighted by Crippen LogP contribution is 2.10. The SMILES string of the molecule is CCCCCc1nc(N)ncc1C(N)=O. The summed E-state index contributed by atoms with van der Waals surface area (Å²) in [5, 5.41) is 0. The van der Waals surface area contributed by atoms with Gasteiger partial charge in [0.1, 0.15) is 0 Å². The van der Waals surface area contributed by atoms with Gasteiger partial charge in [-0.05, 0) is 12.8 Å². The van der Waals surface area contributed by atoms with Crippen LogP contribution in [0, 0.1) is 0 Å². The molecular formula is C10H16N4O. The summed E-state index contributed by atoms with van der Waals surface area (Å²) in [5.41, 5.74) is 11.7. The molecule has 0 fully saturated rings. The lowest BCUT2D eigenvalue weighted by molar-refractivity contribution is 0.0998. The fourth-order valence-electron chi connectivity index (χ4n) is 1.37. The van der Waals surface area contributed by atoms with Crippen molar-refractivity contribution in [3.05, 3.63) is 17.5 Å². The molecule has 0 bridgehead atoms. The minimum Gasteiger partial charge on any atom is -0.368 e. The van der Waals surface area contributed by atoms with Crippen molar-refractivity contribution < 1.29 is 4.79 Å². The number of amides is 1. The maximum atomic E-state index is 11.1. The van der Waals surface area contributed by atoms with Crippen molar-refractivity contribution in [3.63, 3.8) is 0 Å². The van der Waals surface area contributed by atoms with Crippen LogP contribution in [0.4, 0.5) is 5.95 Å². The smallest absolute Gasteiger partial charge is 0.252 e. The second-order valence-electron chi connectivity index (χ2n) is 3.41. The summed E-state index contributed by atoms with van der Waals surface area (Å²) in [7, 11) is 0. The van der Waals surface area contributed by atoms with Crippen LogP contribution >= 0.6 is 0 Å². The number of hydrogen-bond acceptors (Lipinski definition) is 4. The van der Waals surface area contributed by atoms with Gasteiger partial charge in [0.25, 0.3) is 5.91 Å². The summed E-state index contributed by atoms with van der Waals surface area (Å²) in [6.45, 7) is 2.11. The maximum Gasteiger partial charge on any atom is 0.252 e. The number of aromatic nitrogens is 2. The van der Waals surface area contributed by atoms with Gasteiger partial charge in [-0.25, -0.2) is 9.97 Å². The Labute approximate surface area is 88.9 Å². The molecule has 15 heavy (non-hydrogen) atoms. The highest BCUT2D eigenvalue weighted by atomic mass is 16.1. The third kappa shape index (κ3) is 3.19. The molecule has 0 spiro atoms. The number of nitrogens with zero attached hydrogens (tertiary/aromatic N) is 2. The minimum absolute atomic E-state index is 0.187. The quantitative estimate of drug-likeness (QED) is 0.702. The molecule has 0 aliphatic rings. The van der Waals surface area contributed by atoms with Crippen LogP contribution in [-0.2, 0) is 6.42 Å². The van der Waals surface area contributed by atoms with Crippen molar-refractivity contribution in [1.82, 2.24) is 9.97 Å². The normalized spacial score (nSPS) is 10.2. The van der Waals surface area contributed by atoms with E-state index < -0.39 is 5.91 Å². The predicted octanol–water partition coefficient (Wildman–Crippen LogP) is 0.890. The Morgan fingerprint density at radius 3 is 2.80 bits per heavy atom. The third-order valence-electron chi connectivity index (χ3n) is 2.17. The predicted molar refractivity (Wildman–Crippen MR) is 58.2 cm³/mol. The van der Waals surface area contributed by atoms with Crippen LogP contribution < -0.4 is 11.5 Å². The zero-order chi connectivity index (χ0) is 11.3. The number of anilines is 1. The number of carbonyl (C=O) groups excluding carboxylic acids is 1. The average molecular weight is 208 g/mol. The maximum absolute atomic E-state index is 11.1. The van der Waals surface area contributed by atoms with E-state index in [1.807, 2.05) is 0 Å². The molecule has 1 heterocycles. The molecule has 1 aromatic heterocycles. The summed E-state index contributed by atoms with van der Waals surface area (Å²) >= 11 is 0. The molecule has 5 nitrogen and oxygen atoms in total. The van der Waals surface area contributed by atoms with Gasteiger partial charge in [0.05, 0.1) is 11.3 Å². The molecule has 0 radical (unpaired) electrons. The van der Waals surface area contributed by atoms with Crippen molar-refractivity contribution >= 4 is 11.9 Å². The molecular weight excluding hydrogens is 192 g/mol. The highest BCUT2D eigenvalue weighted by Gasteiger charge is 2.10. The molecule has 1 amide bonds. The lowest BCUT2D eigenvalue weighted by atomic mass is 10.1. The Balaban J connectivity index is 2.82. The van der Waals surface area contributed by atoms with Crippen molar-refractivity contribution in [2.45, 2.75) is 32.6 Å². The van der Waals surface area contributed by atoms with Crippen LogP contribution in [0.15, 0.2) is 6.20 Å². The van der Waals surface area contributed by atoms with Crippen LogP contribution in [0.1, 0.15) is 42.2 Å². The molecule has 1 aromatic rings. The van der Waals surface area contributed by atoms with Crippen LogP contribution in [0.3, 0.4) is 0 Å². The number of aryl methyl sites for hydroxylation is 1. The summed E-state index contributed by atoms with van der Waals surface area (Å²) in [6, 6.07) is 0. The van der Waals surface area contributed by atoms with Gasteiger partial charge in [0.15, 0.2) is 0 Å². The minimum atomic E-state index is -0.499. The summed E-state index contributed by atoms with van der Waals surface area (Å²) < 4.78 is 0. The molecule has 1 rings (SSSR count). The molecule has 0 atom stereocenters. The van der Waals surface area contributed by atoms with Gasteiger partial charge in [-0.1, -0.05) is 19.8 Å². The third-order valence-corrected chi connectivity index (χ3v) is 2.17. The average Bonchev–Trinajstić information content (AvgIpc) is 2.18. The first-order valence-electron chi connectivity index (χ1n) is 5.06. The van der Waals surface area contributed by atoms with Gasteiger partial charge in [-0.15, -0.1) is 0 Å². The fourth-order valence-corrected chi connectivity index (χ4v) is 1.37. The van der Waals surface area contributed by atoms with E-state index in [9.17, 15) is 4.79 Å². The largest absolute Gasteiger partial charge is 0.368 e. The van der Waals surface area contributed by atoms with E-state index in [-0.39, 0.29) is 5.95 Å². The van der Waals surface area contributed by atoms with Crippen LogP contribution in [0.25, 0.3) is 0 Å². The van der Waals surface area contributed by atoms with Crippen molar-refractivity contribution in [3.8, 4) is 0 Å². The summed E-state index contributed by atoms with van der Waals surface area (Å²) in [6.07, 6.45) is 5.31. The number of hydrogen-bond donors (Lipinski definition) is 2. The van der Waals surface area contributed by atoms with E-state index in [2.05, 4.69) is 16.9 Å². The van der Waals surface area contributed by atoms with Crippen molar-refractivity contribution in [2.24, 2.45) is 5.73 Å². The number of carbonyl (C=O) groups is 1. The number of primary amides is 1. The number of nitrogens with two attached hydrogens (primary N) is 2. The Morgan fingerprint density at radius 2 is 2.20 bits per heavy atom. The lowest BCUT2D eigenvalue weighted by Gasteiger charge is -2.05. The number of unbranched alkanes of at least 4 members (excludes halogenated alkanes) is 2. The number of rotatable bonds is 5. The summed E-state index contributed by atoms with van der Waals surface area (Å²) in [4.78, 5) is 18.9. The van der Waals surface area contributed by atoms with Crippen LogP contribution in [0.5, 0.6) is 0 Å². The molecule has 5 heteroatoms. The Hall–Kier alpha value is -1.65. The van der Waals surface area contributed by atoms with Crippen LogP contribution in [-0.4, -0.2) is 15.9 Å². The second-order valence-corrected chi connectivity index (χ2v) is 3.41. The highest BCUT2D eigenvalue weighted by molar-refractivity contribution is 5.93. The standard InChI is InChI=1S/C10H16N4O/c1-2-3-4-5-8-7(9(11)15)6-13-10(12)14-8/h6H,2-5H2,1H3,(H2,11,15)(H2,12,13,14). The fraction of sp³-hybridized carbons (Fsp3) is 0.500. The van der Waals surface area contributed by atoms with Crippen molar-refractivity contribution in [1.29, 1.82) is 0 Å². The molecule has 4 N–H and O–H groups in total. The van der Waals surface area contributed by atoms with Gasteiger partial charge in [-0.2, -0.15) is 0 Å². The van der Waals surface area contributed by atoms with Gasteiger partial charge in [-0.3, -0.25) is 4.79 Å². The van der Waals surface area contributed by atoms with Gasteiger partial charge in [0, 0.05) is 6.20 Å². The first kappa shape index (κ1) is 11.4. The monoisotopic (exact) mass is 208 g/mol. The first-order chi connectivity index (χ1) is 7.15. The van der Waals surface area contributed by atoms with Gasteiger partial charge < -0.3 is 11.5 Å². The van der Waals surface area contributed by atoms with E-state index in [4.69, 9.17) is 11.5 Å². The van der Waals surface area contributed by atoms with E-state index in [1.54, 1.807) is 0 Å². The first-order valence-corrected chi connectivity index (χ1v) is 5.06. The zero-order valence-electron chi connectivity index (χ0n) is 8.86. The molecule has 82 valence electrons. The van der Waals surface area contributed by atoms with Crippen molar-refractivity contribution in [2.75, 3.05) is 5.73 Å². The topological polar surface area (TPSA) is 94.9 Å². The Kier molecular flexibility index (Phi) is 4.03. The molecule has 0 saturated carbocycles. The second kappa shape index (κ2) is 5.29. The molecule has 0 aliphatic carbocycles. The molecule has 0 saturated heterocycles. The van der Waals surface area contributed by atoms with E-state index in [0.29, 0.717) is 11.3 Å². The Bertz CT molecular complexity index is 351. The van der Waals surface area contributed by atoms with E-state index in [1.165, 1.54) is 6.20 Å². The Morgan fingerprint density at radius 1 is 1.47 bits per heavy atom. The van der Waals surface area contributed by atoms with E-state index in [0.717, 1.165) is 25.7 Å². The van der Waals surface area contributed by atoms with E-state index >= 15 is 0 Å². The molecule has 0 unspecified atom stereocenters.